The van der Waals surface area contributed by atoms with Gasteiger partial charge in [0.1, 0.15) is 17.8 Å². The van der Waals surface area contributed by atoms with Crippen LogP contribution < -0.4 is 15.2 Å². The molecule has 9 heteroatoms. The maximum absolute atomic E-state index is 6.53. The number of aromatic nitrogens is 4. The molecule has 1 aliphatic carbocycles. The highest BCUT2D eigenvalue weighted by molar-refractivity contribution is 6.32. The Morgan fingerprint density at radius 2 is 1.88 bits per heavy atom. The zero-order valence-electron chi connectivity index (χ0n) is 17.7. The average molecular weight is 472 g/mol. The molecule has 166 valence electrons. The van der Waals surface area contributed by atoms with Gasteiger partial charge >= 0.3 is 0 Å². The largest absolute Gasteiger partial charge is 0.493 e. The van der Waals surface area contributed by atoms with E-state index < -0.39 is 0 Å². The Kier molecular flexibility index (Phi) is 6.13. The van der Waals surface area contributed by atoms with Crippen molar-refractivity contribution in [1.29, 1.82) is 0 Å². The van der Waals surface area contributed by atoms with Crippen LogP contribution in [0.1, 0.15) is 24.1 Å². The number of hydrogen-bond acceptors (Lipinski definition) is 6. The number of ether oxygens (including phenoxy) is 2. The number of nitrogens with zero attached hydrogens (tertiary/aromatic N) is 4. The molecule has 2 N–H and O–H groups in total. The highest BCUT2D eigenvalue weighted by atomic mass is 35.5. The lowest BCUT2D eigenvalue weighted by atomic mass is 10.1. The zero-order chi connectivity index (χ0) is 21.5. The third-order valence-corrected chi connectivity index (χ3v) is 5.97. The summed E-state index contributed by atoms with van der Waals surface area (Å²) in [6.45, 7) is 2.38. The molecule has 0 saturated heterocycles. The van der Waals surface area contributed by atoms with Crippen molar-refractivity contribution in [2.45, 2.75) is 25.8 Å². The number of halogens is 2. The van der Waals surface area contributed by atoms with E-state index >= 15 is 0 Å². The summed E-state index contributed by atoms with van der Waals surface area (Å²) < 4.78 is 13.1. The number of anilines is 1. The smallest absolute Gasteiger partial charge is 0.179 e. The van der Waals surface area contributed by atoms with Crippen molar-refractivity contribution in [3.05, 3.63) is 58.9 Å². The summed E-state index contributed by atoms with van der Waals surface area (Å²) in [5.41, 5.74) is 11.1. The molecule has 5 rings (SSSR count). The Morgan fingerprint density at radius 3 is 2.53 bits per heavy atom. The fraction of sp³-hybridized carbons (Fsp3) is 0.261. The van der Waals surface area contributed by atoms with Crippen LogP contribution in [-0.4, -0.2) is 33.5 Å². The first kappa shape index (κ1) is 22.2. The molecule has 1 aliphatic rings. The van der Waals surface area contributed by atoms with Crippen LogP contribution in [0.5, 0.6) is 11.5 Å². The van der Waals surface area contributed by atoms with Gasteiger partial charge in [0.05, 0.1) is 30.2 Å². The summed E-state index contributed by atoms with van der Waals surface area (Å²) in [6, 6.07) is 12.3. The van der Waals surface area contributed by atoms with E-state index in [0.717, 1.165) is 18.4 Å². The second-order valence-electron chi connectivity index (χ2n) is 7.50. The van der Waals surface area contributed by atoms with Crippen molar-refractivity contribution < 1.29 is 9.47 Å². The maximum atomic E-state index is 6.53. The molecule has 0 atom stereocenters. The van der Waals surface area contributed by atoms with E-state index in [-0.39, 0.29) is 18.4 Å². The van der Waals surface area contributed by atoms with Crippen LogP contribution in [0.25, 0.3) is 22.3 Å². The van der Waals surface area contributed by atoms with Crippen LogP contribution in [-0.2, 0) is 12.8 Å². The fourth-order valence-corrected chi connectivity index (χ4v) is 4.57. The second kappa shape index (κ2) is 8.84. The van der Waals surface area contributed by atoms with Crippen molar-refractivity contribution in [2.24, 2.45) is 0 Å². The number of benzene rings is 2. The number of fused-ring (bicyclic) bond motifs is 2. The predicted octanol–water partition coefficient (Wildman–Crippen LogP) is 4.90. The lowest BCUT2D eigenvalue weighted by Gasteiger charge is -2.13. The summed E-state index contributed by atoms with van der Waals surface area (Å²) >= 11 is 6.53. The summed E-state index contributed by atoms with van der Waals surface area (Å²) in [7, 11) is 1.59. The van der Waals surface area contributed by atoms with E-state index in [1.807, 2.05) is 23.7 Å². The SMILES string of the molecule is CCOc1c(Cl)cc(-c2nn(C3Cc4ccccc4C3)c3ncnc(N)c23)cc1OC.Cl. The van der Waals surface area contributed by atoms with E-state index in [0.29, 0.717) is 45.7 Å². The Bertz CT molecular complexity index is 1270. The third kappa shape index (κ3) is 3.61. The average Bonchev–Trinajstić information content (AvgIpc) is 3.37. The summed E-state index contributed by atoms with van der Waals surface area (Å²) in [4.78, 5) is 8.74. The zero-order valence-corrected chi connectivity index (χ0v) is 19.3. The molecule has 0 spiro atoms. The number of nitrogens with two attached hydrogens (primary N) is 1. The fourth-order valence-electron chi connectivity index (χ4n) is 4.30. The van der Waals surface area contributed by atoms with Gasteiger partial charge in [-0.25, -0.2) is 14.6 Å². The van der Waals surface area contributed by atoms with Crippen LogP contribution in [0, 0.1) is 0 Å². The Hall–Kier alpha value is -3.03. The monoisotopic (exact) mass is 471 g/mol. The van der Waals surface area contributed by atoms with Crippen LogP contribution in [0.4, 0.5) is 5.82 Å². The molecule has 7 nitrogen and oxygen atoms in total. The van der Waals surface area contributed by atoms with Gasteiger partial charge in [-0.3, -0.25) is 0 Å². The van der Waals surface area contributed by atoms with Crippen molar-refractivity contribution in [3.8, 4) is 22.8 Å². The van der Waals surface area contributed by atoms with Gasteiger partial charge in [-0.15, -0.1) is 12.4 Å². The molecule has 2 aromatic carbocycles. The maximum Gasteiger partial charge on any atom is 0.179 e. The van der Waals surface area contributed by atoms with Crippen molar-refractivity contribution in [2.75, 3.05) is 19.5 Å². The predicted molar refractivity (Wildman–Crippen MR) is 128 cm³/mol. The molecule has 0 bridgehead atoms. The van der Waals surface area contributed by atoms with Crippen molar-refractivity contribution in [3.63, 3.8) is 0 Å². The number of methoxy groups -OCH3 is 1. The quantitative estimate of drug-likeness (QED) is 0.445. The molecule has 32 heavy (non-hydrogen) atoms. The molecule has 0 radical (unpaired) electrons. The standard InChI is InChI=1S/C23H22ClN5O2.ClH/c1-3-31-21-17(24)10-15(11-18(21)30-2)20-19-22(25)26-12-27-23(19)29(28-20)16-8-13-6-4-5-7-14(13)9-16;/h4-7,10-12,16H,3,8-9H2,1-2H3,(H2,25,26,27);1H. The van der Waals surface area contributed by atoms with E-state index in [2.05, 4.69) is 34.2 Å². The normalized spacial score (nSPS) is 13.1. The van der Waals surface area contributed by atoms with Crippen LogP contribution >= 0.6 is 24.0 Å². The van der Waals surface area contributed by atoms with E-state index in [1.165, 1.54) is 17.5 Å². The minimum atomic E-state index is 0. The molecule has 0 amide bonds. The Balaban J connectivity index is 0.00000245. The summed E-state index contributed by atoms with van der Waals surface area (Å²) in [5.74, 6) is 1.43. The number of hydrogen-bond donors (Lipinski definition) is 1. The highest BCUT2D eigenvalue weighted by Crippen LogP contribution is 2.42. The lowest BCUT2D eigenvalue weighted by Crippen LogP contribution is -2.11. The van der Waals surface area contributed by atoms with Gasteiger partial charge in [0, 0.05) is 5.56 Å². The van der Waals surface area contributed by atoms with Gasteiger partial charge in [0.15, 0.2) is 17.1 Å². The Labute approximate surface area is 196 Å². The number of rotatable bonds is 5. The van der Waals surface area contributed by atoms with Gasteiger partial charge in [-0.2, -0.15) is 5.10 Å². The van der Waals surface area contributed by atoms with Crippen LogP contribution in [0.2, 0.25) is 5.02 Å². The highest BCUT2D eigenvalue weighted by Gasteiger charge is 2.28. The molecule has 0 fully saturated rings. The van der Waals surface area contributed by atoms with Gasteiger partial charge in [0.2, 0.25) is 0 Å². The minimum Gasteiger partial charge on any atom is -0.493 e. The lowest BCUT2D eigenvalue weighted by molar-refractivity contribution is 0.311. The van der Waals surface area contributed by atoms with Gasteiger partial charge in [-0.1, -0.05) is 35.9 Å². The van der Waals surface area contributed by atoms with E-state index in [9.17, 15) is 0 Å². The summed E-state index contributed by atoms with van der Waals surface area (Å²) in [5, 5.41) is 6.11. The second-order valence-corrected chi connectivity index (χ2v) is 7.91. The third-order valence-electron chi connectivity index (χ3n) is 5.69. The van der Waals surface area contributed by atoms with Crippen molar-refractivity contribution in [1.82, 2.24) is 19.7 Å². The van der Waals surface area contributed by atoms with Gasteiger partial charge in [-0.05, 0) is 43.0 Å². The van der Waals surface area contributed by atoms with E-state index in [1.54, 1.807) is 7.11 Å². The minimum absolute atomic E-state index is 0. The van der Waals surface area contributed by atoms with Gasteiger partial charge in [0.25, 0.3) is 0 Å². The molecular formula is C23H23Cl2N5O2. The first-order chi connectivity index (χ1) is 15.1. The van der Waals surface area contributed by atoms with Gasteiger partial charge < -0.3 is 15.2 Å². The molecule has 2 aromatic heterocycles. The van der Waals surface area contributed by atoms with Crippen LogP contribution in [0.15, 0.2) is 42.7 Å². The molecule has 0 unspecified atom stereocenters. The first-order valence-corrected chi connectivity index (χ1v) is 10.5. The Morgan fingerprint density at radius 1 is 1.16 bits per heavy atom. The molecular weight excluding hydrogens is 449 g/mol. The molecule has 2 heterocycles. The number of nitrogen functional groups attached to an aromatic ring is 1. The molecule has 4 aromatic rings. The molecule has 0 saturated carbocycles. The van der Waals surface area contributed by atoms with Crippen molar-refractivity contribution >= 4 is 40.9 Å². The summed E-state index contributed by atoms with van der Waals surface area (Å²) in [6.07, 6.45) is 3.26. The molecule has 0 aliphatic heterocycles. The van der Waals surface area contributed by atoms with E-state index in [4.69, 9.17) is 31.9 Å². The topological polar surface area (TPSA) is 88.1 Å². The first-order valence-electron chi connectivity index (χ1n) is 10.2. The van der Waals surface area contributed by atoms with Crippen LogP contribution in [0.3, 0.4) is 0 Å².